The smallest absolute Gasteiger partial charge is 0.311 e. The van der Waals surface area contributed by atoms with Gasteiger partial charge in [-0.15, -0.1) is 0 Å². The molecule has 248 valence electrons. The fourth-order valence-corrected chi connectivity index (χ4v) is 7.18. The van der Waals surface area contributed by atoms with E-state index in [1.165, 1.54) is 0 Å². The van der Waals surface area contributed by atoms with E-state index < -0.39 is 0 Å². The van der Waals surface area contributed by atoms with Gasteiger partial charge in [0.1, 0.15) is 12.4 Å². The van der Waals surface area contributed by atoms with Gasteiger partial charge in [0.2, 0.25) is 0 Å². The summed E-state index contributed by atoms with van der Waals surface area (Å²) >= 11 is 0. The first-order valence-corrected chi connectivity index (χ1v) is 16.9. The lowest BCUT2D eigenvalue weighted by molar-refractivity contribution is -0.311. The van der Waals surface area contributed by atoms with Crippen LogP contribution in [0.1, 0.15) is 74.3 Å². The zero-order valence-corrected chi connectivity index (χ0v) is 28.5. The Morgan fingerprint density at radius 2 is 1.34 bits per heavy atom. The molecule has 7 heteroatoms. The Morgan fingerprint density at radius 3 is 1.98 bits per heavy atom. The van der Waals surface area contributed by atoms with Crippen LogP contribution in [0, 0.1) is 36.3 Å². The van der Waals surface area contributed by atoms with Crippen LogP contribution >= 0.6 is 0 Å². The molecule has 0 heterocycles. The number of nitrogens with zero attached hydrogens (tertiary/aromatic N) is 3. The van der Waals surface area contributed by atoms with Crippen molar-refractivity contribution < 1.29 is 19.3 Å². The molecule has 2 atom stereocenters. The van der Waals surface area contributed by atoms with Crippen LogP contribution in [-0.2, 0) is 21.2 Å². The van der Waals surface area contributed by atoms with Crippen molar-refractivity contribution in [3.8, 4) is 34.1 Å². The topological polar surface area (TPSA) is 77.3 Å². The van der Waals surface area contributed by atoms with E-state index in [2.05, 4.69) is 41.7 Å². The predicted molar refractivity (Wildman–Crippen MR) is 193 cm³/mol. The summed E-state index contributed by atoms with van der Waals surface area (Å²) < 4.78 is 6.00. The van der Waals surface area contributed by atoms with Gasteiger partial charge in [0.25, 0.3) is 5.70 Å². The number of carbonyl (C=O) groups excluding carboxylic acids is 1. The van der Waals surface area contributed by atoms with Gasteiger partial charge in [-0.3, -0.25) is 4.79 Å². The lowest BCUT2D eigenvalue weighted by atomic mass is 9.89. The molecule has 0 aliphatic heterocycles. The summed E-state index contributed by atoms with van der Waals surface area (Å²) in [6.45, 7) is 21.9. The van der Waals surface area contributed by atoms with Gasteiger partial charge in [-0.1, -0.05) is 106 Å². The third-order valence-corrected chi connectivity index (χ3v) is 9.73. The quantitative estimate of drug-likeness (QED) is 0.0249. The number of benzene rings is 4. The highest BCUT2D eigenvalue weighted by Crippen LogP contribution is 2.50. The number of nitriles is 1. The monoisotopic (exact) mass is 659 g/mol. The fourth-order valence-electron chi connectivity index (χ4n) is 7.18. The zero-order chi connectivity index (χ0) is 35.2. The average Bonchev–Trinajstić information content (AvgIpc) is 3.67. The van der Waals surface area contributed by atoms with Crippen LogP contribution in [0.4, 0.5) is 0 Å². The highest BCUT2D eigenvalue weighted by atomic mass is 17.2. The SMILES string of the molecule is [C-]#[N+]/C(C)=C1/c2ccccc2-c2c(COOCC(CC)CC(CC)CC(=O)Oc3cccc4c3-c3ccccc3/C4=C(/C#N)[N+]#[C-])cccc21. The molecule has 0 aromatic heterocycles. The summed E-state index contributed by atoms with van der Waals surface area (Å²) in [5.41, 5.74) is 10.6. The molecule has 6 rings (SSSR count). The standard InChI is InChI=1S/C43H37N3O4/c1-6-28(23-39(47)50-38-21-13-20-36-42(37(24-44)46-5)33-17-10-11-18-34(33)43(36)38)22-29(7-2)25-48-49-26-30-14-12-19-35-40(27(3)45-4)31-15-8-9-16-32(31)41(30)35/h8-21,28-29H,6-7,22-23,25-26H2,1-3H3/b40-27-,42-37+. The molecule has 2 aliphatic rings. The van der Waals surface area contributed by atoms with Gasteiger partial charge in [-0.2, -0.15) is 0 Å². The molecule has 0 bridgehead atoms. The first-order valence-electron chi connectivity index (χ1n) is 16.9. The molecular formula is C43H37N3O4. The summed E-state index contributed by atoms with van der Waals surface area (Å²) in [6.07, 6.45) is 2.71. The number of hydrogen-bond acceptors (Lipinski definition) is 5. The van der Waals surface area contributed by atoms with Crippen LogP contribution in [-0.4, -0.2) is 12.6 Å². The lowest BCUT2D eigenvalue weighted by Gasteiger charge is -2.21. The number of fused-ring (bicyclic) bond motifs is 6. The summed E-state index contributed by atoms with van der Waals surface area (Å²) in [5.74, 6) is 0.382. The van der Waals surface area contributed by atoms with Crippen molar-refractivity contribution in [2.45, 2.75) is 53.1 Å². The molecule has 2 aliphatic carbocycles. The number of carbonyl (C=O) groups is 1. The molecule has 0 radical (unpaired) electrons. The van der Waals surface area contributed by atoms with E-state index in [4.69, 9.17) is 27.7 Å². The molecule has 0 fully saturated rings. The molecule has 0 saturated carbocycles. The van der Waals surface area contributed by atoms with Crippen LogP contribution < -0.4 is 4.74 Å². The summed E-state index contributed by atoms with van der Waals surface area (Å²) in [5, 5.41) is 9.66. The molecule has 0 spiro atoms. The van der Waals surface area contributed by atoms with E-state index in [0.29, 0.717) is 23.6 Å². The van der Waals surface area contributed by atoms with Gasteiger partial charge >= 0.3 is 5.97 Å². The van der Waals surface area contributed by atoms with Crippen molar-refractivity contribution in [2.75, 3.05) is 6.61 Å². The molecular weight excluding hydrogens is 622 g/mol. The van der Waals surface area contributed by atoms with Gasteiger partial charge in [0, 0.05) is 17.6 Å². The van der Waals surface area contributed by atoms with Gasteiger partial charge in [-0.25, -0.2) is 24.7 Å². The van der Waals surface area contributed by atoms with Crippen molar-refractivity contribution >= 4 is 17.1 Å². The fraction of sp³-hybridized carbons (Fsp3) is 0.256. The van der Waals surface area contributed by atoms with E-state index >= 15 is 0 Å². The second-order valence-corrected chi connectivity index (χ2v) is 12.6. The Morgan fingerprint density at radius 1 is 0.740 bits per heavy atom. The van der Waals surface area contributed by atoms with Crippen LogP contribution in [0.5, 0.6) is 5.75 Å². The first-order chi connectivity index (χ1) is 24.4. The maximum absolute atomic E-state index is 13.4. The summed E-state index contributed by atoms with van der Waals surface area (Å²) in [4.78, 5) is 32.1. The van der Waals surface area contributed by atoms with Crippen molar-refractivity contribution in [2.24, 2.45) is 11.8 Å². The molecule has 50 heavy (non-hydrogen) atoms. The molecule has 0 saturated heterocycles. The van der Waals surface area contributed by atoms with E-state index in [0.717, 1.165) is 74.9 Å². The molecule has 0 N–H and O–H groups in total. The normalized spacial score (nSPS) is 15.3. The number of esters is 1. The average molecular weight is 660 g/mol. The molecule has 4 aromatic carbocycles. The maximum Gasteiger partial charge on any atom is 0.311 e. The highest BCUT2D eigenvalue weighted by Gasteiger charge is 2.30. The molecule has 7 nitrogen and oxygen atoms in total. The minimum Gasteiger partial charge on any atom is -0.426 e. The Labute approximate surface area is 293 Å². The minimum absolute atomic E-state index is 0.0125. The van der Waals surface area contributed by atoms with Crippen molar-refractivity contribution in [1.29, 1.82) is 5.26 Å². The van der Waals surface area contributed by atoms with Crippen LogP contribution in [0.2, 0.25) is 0 Å². The third kappa shape index (κ3) is 6.48. The van der Waals surface area contributed by atoms with E-state index in [9.17, 15) is 10.1 Å². The van der Waals surface area contributed by atoms with Crippen LogP contribution in [0.25, 0.3) is 43.1 Å². The lowest BCUT2D eigenvalue weighted by Crippen LogP contribution is -2.19. The molecule has 2 unspecified atom stereocenters. The van der Waals surface area contributed by atoms with Crippen LogP contribution in [0.3, 0.4) is 0 Å². The zero-order valence-electron chi connectivity index (χ0n) is 28.5. The van der Waals surface area contributed by atoms with Gasteiger partial charge < -0.3 is 4.74 Å². The van der Waals surface area contributed by atoms with Crippen molar-refractivity contribution in [3.05, 3.63) is 147 Å². The molecule has 0 amide bonds. The van der Waals surface area contributed by atoms with Gasteiger partial charge in [0.15, 0.2) is 5.70 Å². The van der Waals surface area contributed by atoms with Crippen molar-refractivity contribution in [1.82, 2.24) is 0 Å². The second-order valence-electron chi connectivity index (χ2n) is 12.6. The summed E-state index contributed by atoms with van der Waals surface area (Å²) in [7, 11) is 0. The summed E-state index contributed by atoms with van der Waals surface area (Å²) in [6, 6.07) is 29.3. The third-order valence-electron chi connectivity index (χ3n) is 9.73. The van der Waals surface area contributed by atoms with E-state index in [1.54, 1.807) is 12.1 Å². The highest BCUT2D eigenvalue weighted by molar-refractivity contribution is 6.06. The Hall–Kier alpha value is -5.78. The number of allylic oxidation sites excluding steroid dienone is 2. The second kappa shape index (κ2) is 15.2. The van der Waals surface area contributed by atoms with E-state index in [1.807, 2.05) is 67.6 Å². The number of ether oxygens (including phenoxy) is 1. The van der Waals surface area contributed by atoms with E-state index in [-0.39, 0.29) is 36.5 Å². The van der Waals surface area contributed by atoms with Crippen molar-refractivity contribution in [3.63, 3.8) is 0 Å². The van der Waals surface area contributed by atoms with Crippen LogP contribution in [0.15, 0.2) is 96.3 Å². The maximum atomic E-state index is 13.4. The first kappa shape index (κ1) is 34.1. The Kier molecular flexibility index (Phi) is 10.4. The Bertz CT molecular complexity index is 2140. The predicted octanol–water partition coefficient (Wildman–Crippen LogP) is 10.4. The van der Waals surface area contributed by atoms with Gasteiger partial charge in [0.05, 0.1) is 25.8 Å². The Balaban J connectivity index is 1.09. The largest absolute Gasteiger partial charge is 0.426 e. The molecule has 4 aromatic rings. The number of hydrogen-bond donors (Lipinski definition) is 0. The minimum atomic E-state index is -0.321. The van der Waals surface area contributed by atoms with Gasteiger partial charge in [-0.05, 0) is 81.3 Å². The number of rotatable bonds is 12.